The fourth-order valence-electron chi connectivity index (χ4n) is 1.43. The summed E-state index contributed by atoms with van der Waals surface area (Å²) in [6, 6.07) is 1.66. The average Bonchev–Trinajstić information content (AvgIpc) is 2.63. The smallest absolute Gasteiger partial charge is 0.293 e. The van der Waals surface area contributed by atoms with Gasteiger partial charge in [-0.1, -0.05) is 11.6 Å². The number of halogens is 2. The van der Waals surface area contributed by atoms with Gasteiger partial charge < -0.3 is 9.73 Å². The summed E-state index contributed by atoms with van der Waals surface area (Å²) in [4.78, 5) is 19.9. The molecule has 94 valence electrons. The maximum Gasteiger partial charge on any atom is 0.293 e. The number of rotatable bonds is 2. The SMILES string of the molecule is Cc1nc(C)c(C(=O)Nc2cc(Br)cnc2Cl)o1. The monoisotopic (exact) mass is 329 g/mol. The number of carbonyl (C=O) groups excluding carboxylic acids is 1. The third-order valence-corrected chi connectivity index (χ3v) is 2.90. The molecule has 7 heteroatoms. The van der Waals surface area contributed by atoms with Gasteiger partial charge >= 0.3 is 0 Å². The Labute approximate surface area is 117 Å². The predicted octanol–water partition coefficient (Wildman–Crippen LogP) is 3.35. The molecular weight excluding hydrogens is 321 g/mol. The predicted molar refractivity (Wildman–Crippen MR) is 70.9 cm³/mol. The first-order chi connectivity index (χ1) is 8.47. The molecule has 0 radical (unpaired) electrons. The molecule has 18 heavy (non-hydrogen) atoms. The lowest BCUT2D eigenvalue weighted by atomic mass is 10.3. The van der Waals surface area contributed by atoms with Crippen LogP contribution < -0.4 is 5.32 Å². The van der Waals surface area contributed by atoms with Gasteiger partial charge in [0.15, 0.2) is 11.0 Å². The Morgan fingerprint density at radius 3 is 2.83 bits per heavy atom. The Morgan fingerprint density at radius 2 is 2.22 bits per heavy atom. The third kappa shape index (κ3) is 2.70. The van der Waals surface area contributed by atoms with Crippen molar-refractivity contribution in [2.75, 3.05) is 5.32 Å². The van der Waals surface area contributed by atoms with Crippen LogP contribution in [0.1, 0.15) is 22.1 Å². The summed E-state index contributed by atoms with van der Waals surface area (Å²) >= 11 is 9.13. The lowest BCUT2D eigenvalue weighted by molar-refractivity contribution is 0.0994. The van der Waals surface area contributed by atoms with E-state index in [1.165, 1.54) is 0 Å². The van der Waals surface area contributed by atoms with Crippen LogP contribution in [-0.4, -0.2) is 15.9 Å². The van der Waals surface area contributed by atoms with Gasteiger partial charge in [-0.2, -0.15) is 0 Å². The highest BCUT2D eigenvalue weighted by Crippen LogP contribution is 2.24. The molecule has 0 aliphatic rings. The number of aromatic nitrogens is 2. The zero-order valence-electron chi connectivity index (χ0n) is 9.62. The molecule has 0 fully saturated rings. The van der Waals surface area contributed by atoms with Crippen molar-refractivity contribution >= 4 is 39.1 Å². The number of nitrogens with one attached hydrogen (secondary N) is 1. The van der Waals surface area contributed by atoms with E-state index in [0.717, 1.165) is 0 Å². The molecule has 2 heterocycles. The van der Waals surface area contributed by atoms with E-state index in [9.17, 15) is 4.79 Å². The normalized spacial score (nSPS) is 10.4. The Bertz CT molecular complexity index is 612. The quantitative estimate of drug-likeness (QED) is 0.857. The van der Waals surface area contributed by atoms with Gasteiger partial charge in [-0.05, 0) is 28.9 Å². The average molecular weight is 331 g/mol. The molecule has 2 aromatic heterocycles. The van der Waals surface area contributed by atoms with E-state index in [2.05, 4.69) is 31.2 Å². The van der Waals surface area contributed by atoms with Gasteiger partial charge in [0.25, 0.3) is 5.91 Å². The highest BCUT2D eigenvalue weighted by Gasteiger charge is 2.17. The molecule has 1 N–H and O–H groups in total. The van der Waals surface area contributed by atoms with Gasteiger partial charge in [-0.15, -0.1) is 0 Å². The number of hydrogen-bond donors (Lipinski definition) is 1. The van der Waals surface area contributed by atoms with Crippen molar-refractivity contribution in [3.8, 4) is 0 Å². The van der Waals surface area contributed by atoms with Crippen molar-refractivity contribution in [2.24, 2.45) is 0 Å². The van der Waals surface area contributed by atoms with Crippen molar-refractivity contribution < 1.29 is 9.21 Å². The largest absolute Gasteiger partial charge is 0.436 e. The van der Waals surface area contributed by atoms with E-state index in [4.69, 9.17) is 16.0 Å². The number of nitrogens with zero attached hydrogens (tertiary/aromatic N) is 2. The van der Waals surface area contributed by atoms with Gasteiger partial charge in [0, 0.05) is 17.6 Å². The minimum absolute atomic E-state index is 0.170. The number of hydrogen-bond acceptors (Lipinski definition) is 4. The molecule has 5 nitrogen and oxygen atoms in total. The van der Waals surface area contributed by atoms with E-state index < -0.39 is 5.91 Å². The first kappa shape index (κ1) is 13.0. The highest BCUT2D eigenvalue weighted by atomic mass is 79.9. The second-order valence-corrected chi connectivity index (χ2v) is 4.87. The van der Waals surface area contributed by atoms with Crippen molar-refractivity contribution in [2.45, 2.75) is 13.8 Å². The molecular formula is C11H9BrClN3O2. The third-order valence-electron chi connectivity index (χ3n) is 2.16. The molecule has 0 unspecified atom stereocenters. The molecule has 0 saturated carbocycles. The lowest BCUT2D eigenvalue weighted by Crippen LogP contribution is -2.13. The molecule has 0 saturated heterocycles. The summed E-state index contributed by atoms with van der Waals surface area (Å²) in [6.45, 7) is 3.38. The van der Waals surface area contributed by atoms with Gasteiger partial charge in [-0.25, -0.2) is 9.97 Å². The molecule has 0 spiro atoms. The molecule has 2 rings (SSSR count). The van der Waals surface area contributed by atoms with Crippen LogP contribution in [0.5, 0.6) is 0 Å². The second kappa shape index (κ2) is 5.07. The zero-order valence-corrected chi connectivity index (χ0v) is 12.0. The standard InChI is InChI=1S/C11H9BrClN3O2/c1-5-9(18-6(2)15-5)11(17)16-8-3-7(12)4-14-10(8)13/h3-4H,1-2H3,(H,16,17). The Balaban J connectivity index is 2.26. The van der Waals surface area contributed by atoms with Gasteiger partial charge in [-0.3, -0.25) is 4.79 Å². The van der Waals surface area contributed by atoms with Crippen LogP contribution in [0.15, 0.2) is 21.2 Å². The fraction of sp³-hybridized carbons (Fsp3) is 0.182. The summed E-state index contributed by atoms with van der Waals surface area (Å²) in [5.74, 6) is 0.203. The number of pyridine rings is 1. The van der Waals surface area contributed by atoms with Crippen LogP contribution in [0.25, 0.3) is 0 Å². The second-order valence-electron chi connectivity index (χ2n) is 3.59. The number of amides is 1. The number of aryl methyl sites for hydroxylation is 2. The molecule has 2 aromatic rings. The Kier molecular flexibility index (Phi) is 3.68. The minimum atomic E-state index is -0.407. The first-order valence-electron chi connectivity index (χ1n) is 5.04. The Morgan fingerprint density at radius 1 is 1.50 bits per heavy atom. The Hall–Kier alpha value is -1.40. The summed E-state index contributed by atoms with van der Waals surface area (Å²) in [5, 5.41) is 2.83. The highest BCUT2D eigenvalue weighted by molar-refractivity contribution is 9.10. The van der Waals surface area contributed by atoms with Crippen molar-refractivity contribution in [1.29, 1.82) is 0 Å². The van der Waals surface area contributed by atoms with Crippen molar-refractivity contribution in [3.63, 3.8) is 0 Å². The number of oxazole rings is 1. The topological polar surface area (TPSA) is 68.0 Å². The van der Waals surface area contributed by atoms with Crippen molar-refractivity contribution in [3.05, 3.63) is 39.2 Å². The summed E-state index contributed by atoms with van der Waals surface area (Å²) in [6.07, 6.45) is 1.54. The van der Waals surface area contributed by atoms with E-state index >= 15 is 0 Å². The minimum Gasteiger partial charge on any atom is -0.436 e. The molecule has 0 aliphatic carbocycles. The number of anilines is 1. The van der Waals surface area contributed by atoms with Crippen LogP contribution in [0.3, 0.4) is 0 Å². The molecule has 0 aliphatic heterocycles. The van der Waals surface area contributed by atoms with Crippen LogP contribution in [0, 0.1) is 13.8 Å². The summed E-state index contributed by atoms with van der Waals surface area (Å²) in [5.41, 5.74) is 0.938. The van der Waals surface area contributed by atoms with E-state index in [1.807, 2.05) is 0 Å². The summed E-state index contributed by atoms with van der Waals surface area (Å²) < 4.78 is 5.94. The zero-order chi connectivity index (χ0) is 13.3. The van der Waals surface area contributed by atoms with Crippen LogP contribution in [-0.2, 0) is 0 Å². The van der Waals surface area contributed by atoms with Crippen molar-refractivity contribution in [1.82, 2.24) is 9.97 Å². The van der Waals surface area contributed by atoms with E-state index in [1.54, 1.807) is 26.1 Å². The molecule has 0 atom stereocenters. The van der Waals surface area contributed by atoms with Crippen LogP contribution in [0.2, 0.25) is 5.15 Å². The van der Waals surface area contributed by atoms with Gasteiger partial charge in [0.05, 0.1) is 11.4 Å². The maximum absolute atomic E-state index is 12.0. The fourth-order valence-corrected chi connectivity index (χ4v) is 1.91. The maximum atomic E-state index is 12.0. The van der Waals surface area contributed by atoms with E-state index in [0.29, 0.717) is 21.7 Å². The molecule has 0 aromatic carbocycles. The molecule has 1 amide bonds. The van der Waals surface area contributed by atoms with Crippen LogP contribution in [0.4, 0.5) is 5.69 Å². The van der Waals surface area contributed by atoms with Gasteiger partial charge in [0.2, 0.25) is 5.76 Å². The van der Waals surface area contributed by atoms with Gasteiger partial charge in [0.1, 0.15) is 0 Å². The van der Waals surface area contributed by atoms with E-state index in [-0.39, 0.29) is 10.9 Å². The molecule has 0 bridgehead atoms. The summed E-state index contributed by atoms with van der Waals surface area (Å²) in [7, 11) is 0. The number of carbonyl (C=O) groups is 1. The lowest BCUT2D eigenvalue weighted by Gasteiger charge is -2.05. The van der Waals surface area contributed by atoms with Crippen LogP contribution >= 0.6 is 27.5 Å². The first-order valence-corrected chi connectivity index (χ1v) is 6.21.